The van der Waals surface area contributed by atoms with Crippen LogP contribution in [0.1, 0.15) is 35.9 Å². The summed E-state index contributed by atoms with van der Waals surface area (Å²) in [5.41, 5.74) is -1.35. The molecule has 0 saturated carbocycles. The van der Waals surface area contributed by atoms with Gasteiger partial charge in [-0.3, -0.25) is 9.59 Å². The highest BCUT2D eigenvalue weighted by Crippen LogP contribution is 2.32. The molecule has 0 bridgehead atoms. The van der Waals surface area contributed by atoms with Crippen LogP contribution < -0.4 is 0 Å². The van der Waals surface area contributed by atoms with Crippen LogP contribution in [0.2, 0.25) is 0 Å². The number of hydrogen-bond donors (Lipinski definition) is 0. The molecular weight excluding hydrogens is 417 g/mol. The number of ether oxygens (including phenoxy) is 1. The maximum atomic E-state index is 13.6. The average Bonchev–Trinajstić information content (AvgIpc) is 3.42. The van der Waals surface area contributed by atoms with Crippen molar-refractivity contribution in [1.82, 2.24) is 19.5 Å². The van der Waals surface area contributed by atoms with E-state index in [-0.39, 0.29) is 54.4 Å². The summed E-state index contributed by atoms with van der Waals surface area (Å²) >= 11 is 0. The summed E-state index contributed by atoms with van der Waals surface area (Å²) in [6.45, 7) is 2.58. The minimum Gasteiger partial charge on any atom is -0.466 e. The highest BCUT2D eigenvalue weighted by molar-refractivity contribution is 5.93. The Kier molecular flexibility index (Phi) is 5.42. The van der Waals surface area contributed by atoms with Gasteiger partial charge in [0.15, 0.2) is 22.8 Å². The van der Waals surface area contributed by atoms with Crippen molar-refractivity contribution in [3.05, 3.63) is 41.9 Å². The lowest BCUT2D eigenvalue weighted by molar-refractivity contribution is -0.149. The summed E-state index contributed by atoms with van der Waals surface area (Å²) < 4.78 is 51.7. The van der Waals surface area contributed by atoms with E-state index in [0.29, 0.717) is 17.4 Å². The number of halogens is 3. The maximum Gasteiger partial charge on any atom is 0.433 e. The Morgan fingerprint density at radius 1 is 1.26 bits per heavy atom. The Balaban J connectivity index is 1.62. The lowest BCUT2D eigenvalue weighted by Crippen LogP contribution is -2.40. The van der Waals surface area contributed by atoms with Crippen molar-refractivity contribution < 1.29 is 31.9 Å². The molecule has 1 aliphatic heterocycles. The molecule has 3 aromatic heterocycles. The van der Waals surface area contributed by atoms with Gasteiger partial charge in [-0.05, 0) is 38.0 Å². The van der Waals surface area contributed by atoms with E-state index in [0.717, 1.165) is 6.07 Å². The number of amides is 1. The molecule has 0 atom stereocenters. The number of rotatable bonds is 4. The molecule has 0 spiro atoms. The molecule has 4 heterocycles. The molecule has 1 amide bonds. The second kappa shape index (κ2) is 8.05. The zero-order valence-electron chi connectivity index (χ0n) is 16.6. The zero-order valence-corrected chi connectivity index (χ0v) is 16.6. The molecule has 0 radical (unpaired) electrons. The summed E-state index contributed by atoms with van der Waals surface area (Å²) in [6, 6.07) is 5.09. The first-order valence-electron chi connectivity index (χ1n) is 9.75. The number of aromatic nitrogens is 3. The van der Waals surface area contributed by atoms with Crippen LogP contribution >= 0.6 is 0 Å². The van der Waals surface area contributed by atoms with Crippen LogP contribution in [0.4, 0.5) is 13.2 Å². The van der Waals surface area contributed by atoms with E-state index in [4.69, 9.17) is 9.15 Å². The Labute approximate surface area is 174 Å². The molecule has 1 fully saturated rings. The smallest absolute Gasteiger partial charge is 0.433 e. The van der Waals surface area contributed by atoms with Crippen molar-refractivity contribution >= 4 is 17.5 Å². The van der Waals surface area contributed by atoms with Crippen LogP contribution in [0.5, 0.6) is 0 Å². The molecule has 0 aromatic carbocycles. The number of hydrogen-bond acceptors (Lipinski definition) is 6. The number of fused-ring (bicyclic) bond motifs is 1. The monoisotopic (exact) mass is 436 g/mol. The third-order valence-corrected chi connectivity index (χ3v) is 5.11. The fraction of sp³-hybridized carbons (Fsp3) is 0.400. The minimum atomic E-state index is -4.72. The van der Waals surface area contributed by atoms with Gasteiger partial charge in [-0.2, -0.15) is 18.3 Å². The second-order valence-electron chi connectivity index (χ2n) is 7.12. The lowest BCUT2D eigenvalue weighted by Gasteiger charge is -2.30. The van der Waals surface area contributed by atoms with Crippen molar-refractivity contribution in [2.24, 2.45) is 5.92 Å². The molecule has 0 unspecified atom stereocenters. The van der Waals surface area contributed by atoms with Gasteiger partial charge in [-0.1, -0.05) is 0 Å². The number of furan rings is 1. The topological polar surface area (TPSA) is 89.9 Å². The van der Waals surface area contributed by atoms with E-state index in [1.165, 1.54) is 23.3 Å². The third-order valence-electron chi connectivity index (χ3n) is 5.11. The summed E-state index contributed by atoms with van der Waals surface area (Å²) in [7, 11) is 0. The van der Waals surface area contributed by atoms with E-state index < -0.39 is 17.8 Å². The largest absolute Gasteiger partial charge is 0.466 e. The second-order valence-corrected chi connectivity index (χ2v) is 7.12. The summed E-state index contributed by atoms with van der Waals surface area (Å²) in [6.07, 6.45) is -2.54. The number of nitrogens with zero attached hydrogens (tertiary/aromatic N) is 4. The third kappa shape index (κ3) is 4.12. The van der Waals surface area contributed by atoms with E-state index in [9.17, 15) is 22.8 Å². The van der Waals surface area contributed by atoms with Crippen LogP contribution in [-0.2, 0) is 15.7 Å². The number of carbonyl (C=O) groups excluding carboxylic acids is 2. The molecule has 0 N–H and O–H groups in total. The summed E-state index contributed by atoms with van der Waals surface area (Å²) in [5, 5.41) is 3.88. The fourth-order valence-electron chi connectivity index (χ4n) is 3.57. The predicted molar refractivity (Wildman–Crippen MR) is 101 cm³/mol. The van der Waals surface area contributed by atoms with Crippen molar-refractivity contribution in [2.45, 2.75) is 25.9 Å². The molecule has 1 aliphatic rings. The van der Waals surface area contributed by atoms with Gasteiger partial charge in [0.05, 0.1) is 18.8 Å². The number of piperidine rings is 1. The fourth-order valence-corrected chi connectivity index (χ4v) is 3.57. The predicted octanol–water partition coefficient (Wildman–Crippen LogP) is 3.42. The van der Waals surface area contributed by atoms with Gasteiger partial charge in [0.25, 0.3) is 5.91 Å². The molecule has 3 aromatic rings. The first kappa shape index (κ1) is 20.9. The van der Waals surface area contributed by atoms with E-state index in [1.54, 1.807) is 13.0 Å². The van der Waals surface area contributed by atoms with Gasteiger partial charge in [0.2, 0.25) is 0 Å². The van der Waals surface area contributed by atoms with E-state index >= 15 is 0 Å². The molecule has 164 valence electrons. The van der Waals surface area contributed by atoms with Gasteiger partial charge in [-0.15, -0.1) is 0 Å². The maximum absolute atomic E-state index is 13.6. The summed E-state index contributed by atoms with van der Waals surface area (Å²) in [5.74, 6) is -0.935. The van der Waals surface area contributed by atoms with Crippen LogP contribution in [0.25, 0.3) is 17.1 Å². The molecule has 1 saturated heterocycles. The molecule has 31 heavy (non-hydrogen) atoms. The molecule has 8 nitrogen and oxygen atoms in total. The first-order valence-corrected chi connectivity index (χ1v) is 9.75. The zero-order chi connectivity index (χ0) is 22.2. The molecule has 0 aliphatic carbocycles. The molecule has 11 heteroatoms. The Morgan fingerprint density at radius 3 is 2.61 bits per heavy atom. The normalized spacial score (nSPS) is 15.4. The van der Waals surface area contributed by atoms with Crippen molar-refractivity contribution in [1.29, 1.82) is 0 Å². The standard InChI is InChI=1S/C20H19F3N4O4/c1-2-30-19(29)12-5-7-26(8-6-12)18(28)14-11-17-24-13(15-4-3-9-31-15)10-16(20(21,22)23)27(17)25-14/h3-4,9-12H,2,5-8H2,1H3. The quantitative estimate of drug-likeness (QED) is 0.582. The van der Waals surface area contributed by atoms with E-state index in [2.05, 4.69) is 10.1 Å². The lowest BCUT2D eigenvalue weighted by atomic mass is 9.97. The SMILES string of the molecule is CCOC(=O)C1CCN(C(=O)c2cc3nc(-c4ccco4)cc(C(F)(F)F)n3n2)CC1. The highest BCUT2D eigenvalue weighted by Gasteiger charge is 2.36. The van der Waals surface area contributed by atoms with Crippen LogP contribution in [0.3, 0.4) is 0 Å². The Morgan fingerprint density at radius 2 is 2.00 bits per heavy atom. The van der Waals surface area contributed by atoms with Gasteiger partial charge < -0.3 is 14.1 Å². The van der Waals surface area contributed by atoms with Gasteiger partial charge in [0.1, 0.15) is 5.69 Å². The number of alkyl halides is 3. The Bertz CT molecular complexity index is 1100. The molecule has 4 rings (SSSR count). The number of carbonyl (C=O) groups is 2. The van der Waals surface area contributed by atoms with Crippen molar-refractivity contribution in [3.63, 3.8) is 0 Å². The number of likely N-dealkylation sites (tertiary alicyclic amines) is 1. The van der Waals surface area contributed by atoms with Crippen LogP contribution in [0.15, 0.2) is 34.9 Å². The van der Waals surface area contributed by atoms with Crippen molar-refractivity contribution in [2.75, 3.05) is 19.7 Å². The minimum absolute atomic E-state index is 0.0148. The number of esters is 1. The van der Waals surface area contributed by atoms with Crippen molar-refractivity contribution in [3.8, 4) is 11.5 Å². The average molecular weight is 436 g/mol. The Hall–Kier alpha value is -3.37. The highest BCUT2D eigenvalue weighted by atomic mass is 19.4. The first-order chi connectivity index (χ1) is 14.8. The van der Waals surface area contributed by atoms with Gasteiger partial charge in [0, 0.05) is 19.2 Å². The van der Waals surface area contributed by atoms with Crippen LogP contribution in [-0.4, -0.2) is 51.1 Å². The van der Waals surface area contributed by atoms with Gasteiger partial charge in [-0.25, -0.2) is 9.50 Å². The van der Waals surface area contributed by atoms with Crippen LogP contribution in [0, 0.1) is 5.92 Å². The molecular formula is C20H19F3N4O4. The van der Waals surface area contributed by atoms with E-state index in [1.807, 2.05) is 0 Å². The summed E-state index contributed by atoms with van der Waals surface area (Å²) in [4.78, 5) is 30.4. The van der Waals surface area contributed by atoms with Gasteiger partial charge >= 0.3 is 12.1 Å².